The van der Waals surface area contributed by atoms with Crippen LogP contribution in [0.25, 0.3) is 0 Å². The molecule has 0 aliphatic heterocycles. The van der Waals surface area contributed by atoms with Gasteiger partial charge in [0.25, 0.3) is 0 Å². The lowest BCUT2D eigenvalue weighted by molar-refractivity contribution is -0.117. The van der Waals surface area contributed by atoms with Crippen molar-refractivity contribution in [2.45, 2.75) is 26.7 Å². The van der Waals surface area contributed by atoms with Crippen molar-refractivity contribution in [2.24, 2.45) is 5.92 Å². The van der Waals surface area contributed by atoms with Gasteiger partial charge >= 0.3 is 0 Å². The van der Waals surface area contributed by atoms with Gasteiger partial charge < -0.3 is 9.59 Å². The zero-order valence-corrected chi connectivity index (χ0v) is 5.89. The first-order valence-electron chi connectivity index (χ1n) is 3.11. The van der Waals surface area contributed by atoms with E-state index in [0.29, 0.717) is 12.8 Å². The predicted molar refractivity (Wildman–Crippen MR) is 35.1 cm³/mol. The van der Waals surface area contributed by atoms with Crippen LogP contribution in [-0.2, 0) is 9.59 Å². The maximum absolute atomic E-state index is 10.3. The van der Waals surface area contributed by atoms with Gasteiger partial charge in [-0.15, -0.1) is 0 Å². The topological polar surface area (TPSA) is 34.1 Å². The van der Waals surface area contributed by atoms with Crippen molar-refractivity contribution in [3.63, 3.8) is 0 Å². The first-order chi connectivity index (χ1) is 4.16. The smallest absolute Gasteiger partial charge is 0.129 e. The summed E-state index contributed by atoms with van der Waals surface area (Å²) in [6.45, 7) is 3.35. The largest absolute Gasteiger partial charge is 0.303 e. The minimum absolute atomic E-state index is 0.0360. The predicted octanol–water partition coefficient (Wildman–Crippen LogP) is 1.19. The van der Waals surface area contributed by atoms with Gasteiger partial charge in [0.1, 0.15) is 12.1 Å². The Balaban J connectivity index is 3.26. The van der Waals surface area contributed by atoms with Crippen LogP contribution in [0.1, 0.15) is 26.7 Å². The summed E-state index contributed by atoms with van der Waals surface area (Å²) in [5.74, 6) is 0.192. The van der Waals surface area contributed by atoms with Crippen molar-refractivity contribution >= 4 is 12.1 Å². The molecule has 1 atom stereocenters. The van der Waals surface area contributed by atoms with Crippen LogP contribution in [0.4, 0.5) is 0 Å². The maximum Gasteiger partial charge on any atom is 0.129 e. The van der Waals surface area contributed by atoms with Crippen molar-refractivity contribution < 1.29 is 9.59 Å². The Bertz CT molecular complexity index is 107. The van der Waals surface area contributed by atoms with Crippen LogP contribution in [0, 0.1) is 5.92 Å². The average Bonchev–Trinajstić information content (AvgIpc) is 1.83. The summed E-state index contributed by atoms with van der Waals surface area (Å²) in [4.78, 5) is 20.4. The molecule has 0 aromatic carbocycles. The minimum Gasteiger partial charge on any atom is -0.303 e. The van der Waals surface area contributed by atoms with Crippen LogP contribution in [0.3, 0.4) is 0 Å². The molecule has 0 aliphatic rings. The molecule has 52 valence electrons. The Morgan fingerprint density at radius 3 is 2.56 bits per heavy atom. The van der Waals surface area contributed by atoms with E-state index in [1.165, 1.54) is 6.92 Å². The molecule has 0 saturated carbocycles. The Kier molecular flexibility index (Phi) is 3.93. The molecular weight excluding hydrogens is 116 g/mol. The monoisotopic (exact) mass is 128 g/mol. The molecule has 2 heteroatoms. The maximum atomic E-state index is 10.3. The summed E-state index contributed by atoms with van der Waals surface area (Å²) in [7, 11) is 0. The number of carbonyl (C=O) groups excluding carboxylic acids is 2. The van der Waals surface area contributed by atoms with Gasteiger partial charge in [-0.25, -0.2) is 0 Å². The Labute approximate surface area is 55.3 Å². The second-order valence-electron chi connectivity index (χ2n) is 2.35. The lowest BCUT2D eigenvalue weighted by atomic mass is 10.1. The van der Waals surface area contributed by atoms with E-state index in [-0.39, 0.29) is 11.7 Å². The molecule has 9 heavy (non-hydrogen) atoms. The molecule has 0 heterocycles. The molecule has 0 aliphatic carbocycles. The van der Waals surface area contributed by atoms with E-state index in [4.69, 9.17) is 0 Å². The minimum atomic E-state index is 0.0360. The fourth-order valence-electron chi connectivity index (χ4n) is 0.499. The Morgan fingerprint density at radius 1 is 1.67 bits per heavy atom. The average molecular weight is 128 g/mol. The van der Waals surface area contributed by atoms with E-state index in [1.54, 1.807) is 0 Å². The number of hydrogen-bond acceptors (Lipinski definition) is 2. The van der Waals surface area contributed by atoms with Gasteiger partial charge in [0, 0.05) is 12.3 Å². The van der Waals surface area contributed by atoms with Crippen molar-refractivity contribution in [1.82, 2.24) is 0 Å². The van der Waals surface area contributed by atoms with Gasteiger partial charge in [-0.3, -0.25) is 0 Å². The van der Waals surface area contributed by atoms with Gasteiger partial charge in [0.05, 0.1) is 0 Å². The number of rotatable bonds is 4. The van der Waals surface area contributed by atoms with Crippen molar-refractivity contribution in [3.8, 4) is 0 Å². The van der Waals surface area contributed by atoms with E-state index < -0.39 is 0 Å². The quantitative estimate of drug-likeness (QED) is 0.533. The van der Waals surface area contributed by atoms with Crippen LogP contribution in [0.15, 0.2) is 0 Å². The lowest BCUT2D eigenvalue weighted by Gasteiger charge is -1.97. The highest BCUT2D eigenvalue weighted by Crippen LogP contribution is 2.01. The second kappa shape index (κ2) is 4.24. The molecule has 0 radical (unpaired) electrons. The van der Waals surface area contributed by atoms with Crippen LogP contribution in [0.2, 0.25) is 0 Å². The summed E-state index contributed by atoms with van der Waals surface area (Å²) in [5, 5.41) is 0. The first kappa shape index (κ1) is 8.34. The number of hydrogen-bond donors (Lipinski definition) is 0. The van der Waals surface area contributed by atoms with Crippen LogP contribution >= 0.6 is 0 Å². The summed E-state index contributed by atoms with van der Waals surface area (Å²) < 4.78 is 0. The second-order valence-corrected chi connectivity index (χ2v) is 2.35. The molecule has 0 unspecified atom stereocenters. The Morgan fingerprint density at radius 2 is 2.22 bits per heavy atom. The Hall–Kier alpha value is -0.660. The number of carbonyl (C=O) groups is 2. The molecule has 0 N–H and O–H groups in total. The van der Waals surface area contributed by atoms with E-state index in [2.05, 4.69) is 0 Å². The molecule has 0 spiro atoms. The third-order valence-electron chi connectivity index (χ3n) is 1.18. The van der Waals surface area contributed by atoms with Crippen molar-refractivity contribution in [2.75, 3.05) is 0 Å². The molecule has 0 rings (SSSR count). The fraction of sp³-hybridized carbons (Fsp3) is 0.714. The number of ketones is 1. The summed E-state index contributed by atoms with van der Waals surface area (Å²) in [5.41, 5.74) is 0. The van der Waals surface area contributed by atoms with Gasteiger partial charge in [0.2, 0.25) is 0 Å². The third-order valence-corrected chi connectivity index (χ3v) is 1.18. The van der Waals surface area contributed by atoms with E-state index >= 15 is 0 Å². The van der Waals surface area contributed by atoms with Crippen molar-refractivity contribution in [3.05, 3.63) is 0 Å². The molecule has 0 amide bonds. The lowest BCUT2D eigenvalue weighted by Crippen LogP contribution is -1.99. The van der Waals surface area contributed by atoms with E-state index in [1.807, 2.05) is 6.92 Å². The molecule has 0 aromatic rings. The van der Waals surface area contributed by atoms with E-state index in [9.17, 15) is 9.59 Å². The highest BCUT2D eigenvalue weighted by molar-refractivity contribution is 5.75. The molecule has 2 nitrogen and oxygen atoms in total. The van der Waals surface area contributed by atoms with E-state index in [0.717, 1.165) is 6.29 Å². The molecule has 0 fully saturated rings. The zero-order chi connectivity index (χ0) is 7.28. The molecular formula is C7H12O2. The number of Topliss-reactive ketones (excluding diaryl/α,β-unsaturated/α-hetero) is 1. The first-order valence-corrected chi connectivity index (χ1v) is 3.11. The van der Waals surface area contributed by atoms with Gasteiger partial charge in [-0.2, -0.15) is 0 Å². The zero-order valence-electron chi connectivity index (χ0n) is 5.89. The fourth-order valence-corrected chi connectivity index (χ4v) is 0.499. The summed E-state index contributed by atoms with van der Waals surface area (Å²) >= 11 is 0. The van der Waals surface area contributed by atoms with Crippen LogP contribution in [-0.4, -0.2) is 12.1 Å². The van der Waals surface area contributed by atoms with Crippen LogP contribution < -0.4 is 0 Å². The van der Waals surface area contributed by atoms with Gasteiger partial charge in [-0.1, -0.05) is 6.92 Å². The standard InChI is InChI=1S/C7H12O2/c1-6(5-8)3-4-7(2)9/h5-6H,3-4H2,1-2H3/t6-/m0/s1. The van der Waals surface area contributed by atoms with Crippen molar-refractivity contribution in [1.29, 1.82) is 0 Å². The molecule has 0 bridgehead atoms. The molecule has 0 aromatic heterocycles. The summed E-state index contributed by atoms with van der Waals surface area (Å²) in [6, 6.07) is 0. The summed E-state index contributed by atoms with van der Waals surface area (Å²) in [6.07, 6.45) is 2.10. The van der Waals surface area contributed by atoms with Gasteiger partial charge in [0.15, 0.2) is 0 Å². The van der Waals surface area contributed by atoms with Crippen LogP contribution in [0.5, 0.6) is 0 Å². The highest BCUT2D eigenvalue weighted by atomic mass is 16.1. The SMILES string of the molecule is CC(=O)CC[C@H](C)C=O. The van der Waals surface area contributed by atoms with Gasteiger partial charge in [-0.05, 0) is 13.3 Å². The molecule has 0 saturated heterocycles. The number of aldehydes is 1. The third kappa shape index (κ3) is 5.21. The highest BCUT2D eigenvalue weighted by Gasteiger charge is 2.00. The normalized spacial score (nSPS) is 12.7.